The maximum atomic E-state index is 5.94. The lowest BCUT2D eigenvalue weighted by molar-refractivity contribution is 0.834. The van der Waals surface area contributed by atoms with Gasteiger partial charge in [-0.15, -0.1) is 12.4 Å². The largest absolute Gasteiger partial charge is 0.384 e. The van der Waals surface area contributed by atoms with Crippen LogP contribution in [0.15, 0.2) is 24.3 Å². The van der Waals surface area contributed by atoms with Gasteiger partial charge in [-0.2, -0.15) is 0 Å². The SMILES string of the molecule is CCCCNc1ccccc1Cl.Cl. The quantitative estimate of drug-likeness (QED) is 0.757. The normalized spacial score (nSPS) is 9.08. The minimum Gasteiger partial charge on any atom is -0.384 e. The van der Waals surface area contributed by atoms with Crippen molar-refractivity contribution in [3.63, 3.8) is 0 Å². The number of nitrogens with one attached hydrogen (secondary N) is 1. The number of hydrogen-bond donors (Lipinski definition) is 1. The van der Waals surface area contributed by atoms with Gasteiger partial charge in [-0.1, -0.05) is 37.1 Å². The molecule has 0 aliphatic carbocycles. The summed E-state index contributed by atoms with van der Waals surface area (Å²) in [5.41, 5.74) is 1.03. The highest BCUT2D eigenvalue weighted by Crippen LogP contribution is 2.20. The summed E-state index contributed by atoms with van der Waals surface area (Å²) in [4.78, 5) is 0. The molecule has 0 radical (unpaired) electrons. The molecule has 0 bridgehead atoms. The van der Waals surface area contributed by atoms with Crippen LogP contribution in [-0.2, 0) is 0 Å². The summed E-state index contributed by atoms with van der Waals surface area (Å²) in [6.07, 6.45) is 2.39. The molecule has 1 aromatic rings. The Hall–Kier alpha value is -0.400. The molecule has 0 atom stereocenters. The molecule has 74 valence electrons. The molecule has 13 heavy (non-hydrogen) atoms. The van der Waals surface area contributed by atoms with E-state index in [1.165, 1.54) is 12.8 Å². The van der Waals surface area contributed by atoms with Gasteiger partial charge in [-0.3, -0.25) is 0 Å². The predicted molar refractivity (Wildman–Crippen MR) is 62.1 cm³/mol. The first kappa shape index (κ1) is 12.6. The topological polar surface area (TPSA) is 12.0 Å². The van der Waals surface area contributed by atoms with Crippen LogP contribution in [0.3, 0.4) is 0 Å². The zero-order valence-electron chi connectivity index (χ0n) is 7.72. The smallest absolute Gasteiger partial charge is 0.0637 e. The molecule has 3 heteroatoms. The van der Waals surface area contributed by atoms with Gasteiger partial charge in [-0.25, -0.2) is 0 Å². The van der Waals surface area contributed by atoms with Crippen LogP contribution >= 0.6 is 24.0 Å². The fraction of sp³-hybridized carbons (Fsp3) is 0.400. The van der Waals surface area contributed by atoms with Crippen LogP contribution < -0.4 is 5.32 Å². The molecule has 1 N–H and O–H groups in total. The van der Waals surface area contributed by atoms with Crippen molar-refractivity contribution < 1.29 is 0 Å². The van der Waals surface area contributed by atoms with Crippen LogP contribution in [0.2, 0.25) is 5.02 Å². The van der Waals surface area contributed by atoms with Crippen molar-refractivity contribution in [1.29, 1.82) is 0 Å². The molecule has 1 aromatic carbocycles. The number of hydrogen-bond acceptors (Lipinski definition) is 1. The number of benzene rings is 1. The van der Waals surface area contributed by atoms with E-state index in [2.05, 4.69) is 12.2 Å². The fourth-order valence-electron chi connectivity index (χ4n) is 1.00. The van der Waals surface area contributed by atoms with E-state index in [1.54, 1.807) is 0 Å². The van der Waals surface area contributed by atoms with Crippen molar-refractivity contribution in [3.05, 3.63) is 29.3 Å². The number of unbranched alkanes of at least 4 members (excludes halogenated alkanes) is 1. The van der Waals surface area contributed by atoms with E-state index in [9.17, 15) is 0 Å². The van der Waals surface area contributed by atoms with Crippen molar-refractivity contribution in [1.82, 2.24) is 0 Å². The van der Waals surface area contributed by atoms with Crippen molar-refractivity contribution in [3.8, 4) is 0 Å². The van der Waals surface area contributed by atoms with Gasteiger partial charge in [0, 0.05) is 6.54 Å². The first-order valence-electron chi connectivity index (χ1n) is 4.33. The summed E-state index contributed by atoms with van der Waals surface area (Å²) in [6, 6.07) is 7.82. The van der Waals surface area contributed by atoms with Gasteiger partial charge < -0.3 is 5.32 Å². The average Bonchev–Trinajstić information content (AvgIpc) is 2.09. The lowest BCUT2D eigenvalue weighted by Crippen LogP contribution is -2.00. The van der Waals surface area contributed by atoms with Crippen molar-refractivity contribution in [2.24, 2.45) is 0 Å². The Kier molecular flexibility index (Phi) is 6.83. The third-order valence-electron chi connectivity index (χ3n) is 1.72. The van der Waals surface area contributed by atoms with E-state index in [0.29, 0.717) is 0 Å². The Bertz CT molecular complexity index is 238. The maximum absolute atomic E-state index is 5.94. The van der Waals surface area contributed by atoms with Crippen LogP contribution in [0, 0.1) is 0 Å². The van der Waals surface area contributed by atoms with Gasteiger partial charge in [0.05, 0.1) is 10.7 Å². The average molecular weight is 220 g/mol. The number of anilines is 1. The van der Waals surface area contributed by atoms with Gasteiger partial charge in [0.1, 0.15) is 0 Å². The fourth-order valence-corrected chi connectivity index (χ4v) is 1.21. The third kappa shape index (κ3) is 4.39. The Balaban J connectivity index is 0.00000144. The van der Waals surface area contributed by atoms with Crippen LogP contribution in [-0.4, -0.2) is 6.54 Å². The number of rotatable bonds is 4. The summed E-state index contributed by atoms with van der Waals surface area (Å²) in [6.45, 7) is 3.18. The lowest BCUT2D eigenvalue weighted by Gasteiger charge is -2.06. The van der Waals surface area contributed by atoms with Crippen LogP contribution in [0.5, 0.6) is 0 Å². The second kappa shape index (κ2) is 7.05. The Labute approximate surface area is 90.9 Å². The summed E-state index contributed by atoms with van der Waals surface area (Å²) < 4.78 is 0. The summed E-state index contributed by atoms with van der Waals surface area (Å²) in [7, 11) is 0. The van der Waals surface area contributed by atoms with Gasteiger partial charge in [0.25, 0.3) is 0 Å². The molecule has 0 unspecified atom stereocenters. The zero-order valence-corrected chi connectivity index (χ0v) is 9.29. The molecule has 1 nitrogen and oxygen atoms in total. The van der Waals surface area contributed by atoms with Crippen LogP contribution in [0.4, 0.5) is 5.69 Å². The second-order valence-corrected chi connectivity index (χ2v) is 3.17. The minimum absolute atomic E-state index is 0. The molecule has 0 amide bonds. The molecule has 0 aromatic heterocycles. The molecule has 0 fully saturated rings. The molecule has 1 rings (SSSR count). The minimum atomic E-state index is 0. The molecular weight excluding hydrogens is 205 g/mol. The Morgan fingerprint density at radius 1 is 1.31 bits per heavy atom. The van der Waals surface area contributed by atoms with E-state index in [1.807, 2.05) is 24.3 Å². The summed E-state index contributed by atoms with van der Waals surface area (Å²) in [5.74, 6) is 0. The van der Waals surface area contributed by atoms with Crippen molar-refractivity contribution >= 4 is 29.7 Å². The number of para-hydroxylation sites is 1. The number of halogens is 2. The van der Waals surface area contributed by atoms with Crippen molar-refractivity contribution in [2.45, 2.75) is 19.8 Å². The van der Waals surface area contributed by atoms with E-state index in [-0.39, 0.29) is 12.4 Å². The highest BCUT2D eigenvalue weighted by molar-refractivity contribution is 6.33. The molecule has 0 saturated heterocycles. The van der Waals surface area contributed by atoms with Gasteiger partial charge in [0.15, 0.2) is 0 Å². The molecule has 0 saturated carbocycles. The monoisotopic (exact) mass is 219 g/mol. The van der Waals surface area contributed by atoms with Crippen molar-refractivity contribution in [2.75, 3.05) is 11.9 Å². The second-order valence-electron chi connectivity index (χ2n) is 2.76. The molecular formula is C10H15Cl2N. The summed E-state index contributed by atoms with van der Waals surface area (Å²) in [5, 5.41) is 4.08. The van der Waals surface area contributed by atoms with Crippen LogP contribution in [0.25, 0.3) is 0 Å². The predicted octanol–water partition coefficient (Wildman–Crippen LogP) is 3.97. The first-order valence-corrected chi connectivity index (χ1v) is 4.70. The van der Waals surface area contributed by atoms with E-state index in [0.717, 1.165) is 17.3 Å². The highest BCUT2D eigenvalue weighted by atomic mass is 35.5. The molecule has 0 spiro atoms. The van der Waals surface area contributed by atoms with Crippen LogP contribution in [0.1, 0.15) is 19.8 Å². The zero-order chi connectivity index (χ0) is 8.81. The molecule has 0 heterocycles. The lowest BCUT2D eigenvalue weighted by atomic mass is 10.3. The Morgan fingerprint density at radius 2 is 2.00 bits per heavy atom. The van der Waals surface area contributed by atoms with E-state index >= 15 is 0 Å². The van der Waals surface area contributed by atoms with Gasteiger partial charge in [-0.05, 0) is 18.6 Å². The maximum Gasteiger partial charge on any atom is 0.0637 e. The van der Waals surface area contributed by atoms with E-state index in [4.69, 9.17) is 11.6 Å². The van der Waals surface area contributed by atoms with Gasteiger partial charge >= 0.3 is 0 Å². The third-order valence-corrected chi connectivity index (χ3v) is 2.05. The Morgan fingerprint density at radius 3 is 2.62 bits per heavy atom. The standard InChI is InChI=1S/C10H14ClN.ClH/c1-2-3-8-12-10-7-5-4-6-9(10)11;/h4-7,12H,2-3,8H2,1H3;1H. The first-order chi connectivity index (χ1) is 5.84. The molecule has 0 aliphatic rings. The van der Waals surface area contributed by atoms with Gasteiger partial charge in [0.2, 0.25) is 0 Å². The van der Waals surface area contributed by atoms with E-state index < -0.39 is 0 Å². The highest BCUT2D eigenvalue weighted by Gasteiger charge is 1.95. The summed E-state index contributed by atoms with van der Waals surface area (Å²) >= 11 is 5.94. The molecule has 0 aliphatic heterocycles.